The van der Waals surface area contributed by atoms with Crippen LogP contribution in [-0.2, 0) is 18.4 Å². The van der Waals surface area contributed by atoms with Gasteiger partial charge >= 0.3 is 0 Å². The Labute approximate surface area is 99.9 Å². The number of carbonyl (C=O) groups is 1. The predicted octanol–water partition coefficient (Wildman–Crippen LogP) is 0.735. The van der Waals surface area contributed by atoms with Gasteiger partial charge in [0.2, 0.25) is 5.91 Å². The lowest BCUT2D eigenvalue weighted by Gasteiger charge is -2.12. The second-order valence-electron chi connectivity index (χ2n) is 3.92. The van der Waals surface area contributed by atoms with Crippen LogP contribution in [-0.4, -0.2) is 21.7 Å². The zero-order valence-corrected chi connectivity index (χ0v) is 10.5. The quantitative estimate of drug-likeness (QED) is 0.802. The number of nitrogens with zero attached hydrogens (tertiary/aromatic N) is 2. The molecule has 3 N–H and O–H groups in total. The minimum Gasteiger partial charge on any atom is -0.370 e. The molecular formula is C10H17ClN4O. The van der Waals surface area contributed by atoms with Crippen LogP contribution in [0, 0.1) is 6.92 Å². The highest BCUT2D eigenvalue weighted by Crippen LogP contribution is 2.19. The zero-order chi connectivity index (χ0) is 12.3. The smallest absolute Gasteiger partial charge is 0.218 e. The van der Waals surface area contributed by atoms with E-state index in [1.165, 1.54) is 0 Å². The average molecular weight is 245 g/mol. The van der Waals surface area contributed by atoms with Crippen molar-refractivity contribution in [3.8, 4) is 0 Å². The number of nitrogens with one attached hydrogen (secondary N) is 1. The van der Waals surface area contributed by atoms with E-state index in [0.29, 0.717) is 18.0 Å². The monoisotopic (exact) mass is 244 g/mol. The number of amides is 1. The van der Waals surface area contributed by atoms with Gasteiger partial charge in [-0.25, -0.2) is 0 Å². The summed E-state index contributed by atoms with van der Waals surface area (Å²) in [6, 6.07) is 0.0313. The standard InChI is InChI=1S/C10H17ClN4O/c1-6(4-9(12)16)13-5-8-10(11)7(2)14-15(8)3/h6,13H,4-5H2,1-3H3,(H2,12,16). The van der Waals surface area contributed by atoms with E-state index in [9.17, 15) is 4.79 Å². The first-order valence-corrected chi connectivity index (χ1v) is 5.49. The van der Waals surface area contributed by atoms with E-state index in [-0.39, 0.29) is 11.9 Å². The largest absolute Gasteiger partial charge is 0.370 e. The van der Waals surface area contributed by atoms with Crippen molar-refractivity contribution in [1.29, 1.82) is 0 Å². The van der Waals surface area contributed by atoms with Gasteiger partial charge in [-0.3, -0.25) is 9.48 Å². The van der Waals surface area contributed by atoms with E-state index in [0.717, 1.165) is 11.4 Å². The SMILES string of the molecule is Cc1nn(C)c(CNC(C)CC(N)=O)c1Cl. The minimum atomic E-state index is -0.313. The van der Waals surface area contributed by atoms with Crippen LogP contribution >= 0.6 is 11.6 Å². The normalized spacial score (nSPS) is 12.8. The second-order valence-corrected chi connectivity index (χ2v) is 4.30. The predicted molar refractivity (Wildman–Crippen MR) is 63.1 cm³/mol. The topological polar surface area (TPSA) is 72.9 Å². The van der Waals surface area contributed by atoms with Crippen LogP contribution < -0.4 is 11.1 Å². The molecule has 0 bridgehead atoms. The summed E-state index contributed by atoms with van der Waals surface area (Å²) in [5, 5.41) is 8.05. The molecule has 90 valence electrons. The lowest BCUT2D eigenvalue weighted by atomic mass is 10.2. The van der Waals surface area contributed by atoms with Crippen LogP contribution in [0.1, 0.15) is 24.7 Å². The highest BCUT2D eigenvalue weighted by atomic mass is 35.5. The van der Waals surface area contributed by atoms with Crippen LogP contribution in [0.2, 0.25) is 5.02 Å². The molecule has 0 saturated carbocycles. The zero-order valence-electron chi connectivity index (χ0n) is 9.75. The van der Waals surface area contributed by atoms with E-state index in [1.807, 2.05) is 20.9 Å². The lowest BCUT2D eigenvalue weighted by molar-refractivity contribution is -0.118. The van der Waals surface area contributed by atoms with Gasteiger partial charge in [0.05, 0.1) is 16.4 Å². The fourth-order valence-electron chi connectivity index (χ4n) is 1.52. The van der Waals surface area contributed by atoms with Gasteiger partial charge in [-0.15, -0.1) is 0 Å². The van der Waals surface area contributed by atoms with Gasteiger partial charge in [0.1, 0.15) is 0 Å². The van der Waals surface area contributed by atoms with Crippen LogP contribution in [0.15, 0.2) is 0 Å². The highest BCUT2D eigenvalue weighted by molar-refractivity contribution is 6.31. The summed E-state index contributed by atoms with van der Waals surface area (Å²) in [5.41, 5.74) is 6.82. The van der Waals surface area contributed by atoms with Gasteiger partial charge in [-0.2, -0.15) is 5.10 Å². The molecule has 5 nitrogen and oxygen atoms in total. The third-order valence-corrected chi connectivity index (χ3v) is 2.88. The number of carbonyl (C=O) groups excluding carboxylic acids is 1. The Hall–Kier alpha value is -1.07. The summed E-state index contributed by atoms with van der Waals surface area (Å²) in [4.78, 5) is 10.7. The van der Waals surface area contributed by atoms with Crippen molar-refractivity contribution in [3.63, 3.8) is 0 Å². The first-order chi connectivity index (χ1) is 7.41. The summed E-state index contributed by atoms with van der Waals surface area (Å²) >= 11 is 6.09. The number of hydrogen-bond acceptors (Lipinski definition) is 3. The van der Waals surface area contributed by atoms with Crippen molar-refractivity contribution in [2.24, 2.45) is 12.8 Å². The molecule has 0 aliphatic rings. The molecule has 0 saturated heterocycles. The van der Waals surface area contributed by atoms with Crippen molar-refractivity contribution < 1.29 is 4.79 Å². The first kappa shape index (κ1) is 13.0. The number of hydrogen-bond donors (Lipinski definition) is 2. The van der Waals surface area contributed by atoms with Gasteiger partial charge in [0.15, 0.2) is 0 Å². The van der Waals surface area contributed by atoms with E-state index in [2.05, 4.69) is 10.4 Å². The molecule has 16 heavy (non-hydrogen) atoms. The van der Waals surface area contributed by atoms with Crippen molar-refractivity contribution >= 4 is 17.5 Å². The molecule has 1 heterocycles. The summed E-state index contributed by atoms with van der Waals surface area (Å²) in [6.45, 7) is 4.34. The Kier molecular flexibility index (Phi) is 4.32. The van der Waals surface area contributed by atoms with E-state index < -0.39 is 0 Å². The highest BCUT2D eigenvalue weighted by Gasteiger charge is 2.12. The van der Waals surface area contributed by atoms with Crippen molar-refractivity contribution in [2.75, 3.05) is 0 Å². The minimum absolute atomic E-state index is 0.0313. The molecule has 0 spiro atoms. The molecule has 1 aromatic heterocycles. The number of primary amides is 1. The Bertz CT molecular complexity index is 388. The fraction of sp³-hybridized carbons (Fsp3) is 0.600. The Morgan fingerprint density at radius 1 is 1.69 bits per heavy atom. The van der Waals surface area contributed by atoms with Gasteiger partial charge in [0, 0.05) is 26.1 Å². The molecule has 1 atom stereocenters. The molecule has 1 unspecified atom stereocenters. The summed E-state index contributed by atoms with van der Waals surface area (Å²) in [7, 11) is 1.84. The molecule has 0 aliphatic heterocycles. The van der Waals surface area contributed by atoms with E-state index in [4.69, 9.17) is 17.3 Å². The van der Waals surface area contributed by atoms with Crippen molar-refractivity contribution in [3.05, 3.63) is 16.4 Å². The van der Waals surface area contributed by atoms with Crippen molar-refractivity contribution in [2.45, 2.75) is 32.9 Å². The number of aryl methyl sites for hydroxylation is 2. The van der Waals surface area contributed by atoms with Crippen LogP contribution in [0.3, 0.4) is 0 Å². The average Bonchev–Trinajstić information content (AvgIpc) is 2.38. The van der Waals surface area contributed by atoms with Gasteiger partial charge < -0.3 is 11.1 Å². The maximum atomic E-state index is 10.7. The maximum absolute atomic E-state index is 10.7. The van der Waals surface area contributed by atoms with Gasteiger partial charge in [0.25, 0.3) is 0 Å². The number of nitrogens with two attached hydrogens (primary N) is 1. The Balaban J connectivity index is 2.57. The summed E-state index contributed by atoms with van der Waals surface area (Å²) in [6.07, 6.45) is 0.314. The third-order valence-electron chi connectivity index (χ3n) is 2.39. The van der Waals surface area contributed by atoms with Crippen LogP contribution in [0.4, 0.5) is 0 Å². The van der Waals surface area contributed by atoms with Crippen LogP contribution in [0.25, 0.3) is 0 Å². The Morgan fingerprint density at radius 3 is 2.75 bits per heavy atom. The van der Waals surface area contributed by atoms with E-state index >= 15 is 0 Å². The van der Waals surface area contributed by atoms with E-state index in [1.54, 1.807) is 4.68 Å². The molecule has 1 amide bonds. The Morgan fingerprint density at radius 2 is 2.31 bits per heavy atom. The van der Waals surface area contributed by atoms with Crippen molar-refractivity contribution in [1.82, 2.24) is 15.1 Å². The molecule has 1 aromatic rings. The summed E-state index contributed by atoms with van der Waals surface area (Å²) < 4.78 is 1.74. The molecular weight excluding hydrogens is 228 g/mol. The van der Waals surface area contributed by atoms with Gasteiger partial charge in [-0.1, -0.05) is 11.6 Å². The third kappa shape index (κ3) is 3.21. The number of rotatable bonds is 5. The molecule has 0 fully saturated rings. The van der Waals surface area contributed by atoms with Crippen LogP contribution in [0.5, 0.6) is 0 Å². The molecule has 6 heteroatoms. The lowest BCUT2D eigenvalue weighted by Crippen LogP contribution is -2.31. The maximum Gasteiger partial charge on any atom is 0.218 e. The molecule has 0 aliphatic carbocycles. The number of halogens is 1. The molecule has 0 radical (unpaired) electrons. The summed E-state index contributed by atoms with van der Waals surface area (Å²) in [5.74, 6) is -0.313. The first-order valence-electron chi connectivity index (χ1n) is 5.11. The second kappa shape index (κ2) is 5.32. The molecule has 1 rings (SSSR count). The molecule has 0 aromatic carbocycles. The number of aromatic nitrogens is 2. The van der Waals surface area contributed by atoms with Gasteiger partial charge in [-0.05, 0) is 13.8 Å². The fourth-order valence-corrected chi connectivity index (χ4v) is 1.74.